The van der Waals surface area contributed by atoms with Crippen LogP contribution < -0.4 is 5.32 Å². The van der Waals surface area contributed by atoms with Crippen LogP contribution in [0.25, 0.3) is 10.9 Å². The number of H-pyrrole nitrogens is 1. The van der Waals surface area contributed by atoms with Gasteiger partial charge in [0.1, 0.15) is 23.9 Å². The molecule has 7 heteroatoms. The quantitative estimate of drug-likeness (QED) is 0.812. The Kier molecular flexibility index (Phi) is 3.34. The number of halogens is 1. The van der Waals surface area contributed by atoms with Gasteiger partial charge in [-0.2, -0.15) is 20.9 Å². The van der Waals surface area contributed by atoms with Gasteiger partial charge in [-0.1, -0.05) is 11.6 Å². The zero-order valence-electron chi connectivity index (χ0n) is 9.40. The normalized spacial score (nSPS) is 9.16. The molecule has 2 aromatic rings. The van der Waals surface area contributed by atoms with Crippen LogP contribution in [0.4, 0.5) is 5.69 Å². The van der Waals surface area contributed by atoms with Crippen LogP contribution in [0.2, 0.25) is 5.02 Å². The van der Waals surface area contributed by atoms with Crippen LogP contribution in [-0.4, -0.2) is 10.2 Å². The van der Waals surface area contributed by atoms with Gasteiger partial charge in [0, 0.05) is 5.39 Å². The summed E-state index contributed by atoms with van der Waals surface area (Å²) in [5.74, 6) is 0. The molecule has 2 N–H and O–H groups in total. The van der Waals surface area contributed by atoms with E-state index in [4.69, 9.17) is 27.4 Å². The van der Waals surface area contributed by atoms with Crippen LogP contribution in [-0.2, 0) is 0 Å². The van der Waals surface area contributed by atoms with Gasteiger partial charge in [-0.15, -0.1) is 0 Å². The third-order valence-electron chi connectivity index (χ3n) is 2.37. The van der Waals surface area contributed by atoms with E-state index in [0.29, 0.717) is 10.7 Å². The Hall–Kier alpha value is -3.01. The number of allylic oxidation sites excluding steroid dienone is 2. The van der Waals surface area contributed by atoms with Gasteiger partial charge >= 0.3 is 0 Å². The summed E-state index contributed by atoms with van der Waals surface area (Å²) in [5.41, 5.74) is 0.687. The molecule has 0 unspecified atom stereocenters. The van der Waals surface area contributed by atoms with Crippen LogP contribution >= 0.6 is 11.6 Å². The summed E-state index contributed by atoms with van der Waals surface area (Å²) in [5, 5.41) is 36.9. The highest BCUT2D eigenvalue weighted by atomic mass is 35.5. The lowest BCUT2D eigenvalue weighted by Gasteiger charge is -2.06. The second kappa shape index (κ2) is 5.10. The monoisotopic (exact) mass is 268 g/mol. The lowest BCUT2D eigenvalue weighted by molar-refractivity contribution is 1.12. The maximum atomic E-state index is 8.95. The van der Waals surface area contributed by atoms with Gasteiger partial charge in [0.2, 0.25) is 0 Å². The van der Waals surface area contributed by atoms with Crippen molar-refractivity contribution in [3.05, 3.63) is 34.6 Å². The fourth-order valence-electron chi connectivity index (χ4n) is 1.48. The number of anilines is 1. The molecule has 1 aromatic carbocycles. The number of fused-ring (bicyclic) bond motifs is 1. The van der Waals surface area contributed by atoms with Gasteiger partial charge in [0.25, 0.3) is 0 Å². The molecule has 0 fully saturated rings. The molecular formula is C12H5ClN6. The van der Waals surface area contributed by atoms with E-state index < -0.39 is 0 Å². The molecule has 0 radical (unpaired) electrons. The van der Waals surface area contributed by atoms with Crippen molar-refractivity contribution in [2.75, 3.05) is 5.32 Å². The van der Waals surface area contributed by atoms with Crippen molar-refractivity contribution in [1.29, 1.82) is 15.8 Å². The van der Waals surface area contributed by atoms with Crippen LogP contribution in [0, 0.1) is 34.0 Å². The molecule has 90 valence electrons. The first kappa shape index (κ1) is 12.4. The summed E-state index contributed by atoms with van der Waals surface area (Å²) < 4.78 is 0. The van der Waals surface area contributed by atoms with Crippen LogP contribution in [0.3, 0.4) is 0 Å². The Morgan fingerprint density at radius 3 is 2.58 bits per heavy atom. The molecule has 2 rings (SSSR count). The standard InChI is InChI=1S/C12H5ClN6/c13-9-1-7-6-17-19-10(7)2-11(9)18-12(5-16)8(3-14)4-15/h1-2,6,18H,(H,17,19). The first-order chi connectivity index (χ1) is 9.19. The Bertz CT molecular complexity index is 780. The van der Waals surface area contributed by atoms with Crippen molar-refractivity contribution in [1.82, 2.24) is 10.2 Å². The molecule has 0 amide bonds. The summed E-state index contributed by atoms with van der Waals surface area (Å²) in [6, 6.07) is 8.36. The molecular weight excluding hydrogens is 264 g/mol. The molecule has 0 bridgehead atoms. The number of aromatic nitrogens is 2. The maximum absolute atomic E-state index is 8.95. The molecule has 0 aliphatic carbocycles. The summed E-state index contributed by atoms with van der Waals surface area (Å²) in [7, 11) is 0. The average Bonchev–Trinajstić information content (AvgIpc) is 2.85. The second-order valence-electron chi connectivity index (χ2n) is 3.50. The van der Waals surface area contributed by atoms with Crippen molar-refractivity contribution < 1.29 is 0 Å². The summed E-state index contributed by atoms with van der Waals surface area (Å²) in [6.07, 6.45) is 1.61. The van der Waals surface area contributed by atoms with E-state index in [-0.39, 0.29) is 11.3 Å². The van der Waals surface area contributed by atoms with E-state index in [2.05, 4.69) is 15.5 Å². The lowest BCUT2D eigenvalue weighted by Crippen LogP contribution is -2.01. The minimum absolute atomic E-state index is 0.147. The molecule has 6 nitrogen and oxygen atoms in total. The largest absolute Gasteiger partial charge is 0.344 e. The molecule has 0 spiro atoms. The third-order valence-corrected chi connectivity index (χ3v) is 2.69. The number of nitriles is 3. The van der Waals surface area contributed by atoms with Gasteiger partial charge in [-0.25, -0.2) is 0 Å². The van der Waals surface area contributed by atoms with E-state index >= 15 is 0 Å². The Morgan fingerprint density at radius 2 is 1.95 bits per heavy atom. The van der Waals surface area contributed by atoms with Gasteiger partial charge in [-0.3, -0.25) is 5.10 Å². The van der Waals surface area contributed by atoms with Crippen molar-refractivity contribution in [3.63, 3.8) is 0 Å². The number of aromatic amines is 1. The fraction of sp³-hybridized carbons (Fsp3) is 0. The SMILES string of the molecule is N#CC(C#N)=C(C#N)Nc1cc2[nH]ncc2cc1Cl. The van der Waals surface area contributed by atoms with Crippen molar-refractivity contribution in [2.24, 2.45) is 0 Å². The number of hydrogen-bond acceptors (Lipinski definition) is 5. The van der Waals surface area contributed by atoms with E-state index in [1.54, 1.807) is 36.5 Å². The number of benzene rings is 1. The Balaban J connectivity index is 2.50. The van der Waals surface area contributed by atoms with Crippen LogP contribution in [0.1, 0.15) is 0 Å². The first-order valence-corrected chi connectivity index (χ1v) is 5.41. The van der Waals surface area contributed by atoms with Gasteiger partial charge < -0.3 is 5.32 Å². The average molecular weight is 269 g/mol. The minimum atomic E-state index is -0.303. The van der Waals surface area contributed by atoms with E-state index in [0.717, 1.165) is 10.9 Å². The highest BCUT2D eigenvalue weighted by molar-refractivity contribution is 6.34. The highest BCUT2D eigenvalue weighted by Crippen LogP contribution is 2.28. The molecule has 19 heavy (non-hydrogen) atoms. The predicted molar refractivity (Wildman–Crippen MR) is 68.6 cm³/mol. The fourth-order valence-corrected chi connectivity index (χ4v) is 1.70. The summed E-state index contributed by atoms with van der Waals surface area (Å²) in [4.78, 5) is 0. The maximum Gasteiger partial charge on any atom is 0.163 e. The van der Waals surface area contributed by atoms with Crippen molar-refractivity contribution in [2.45, 2.75) is 0 Å². The zero-order chi connectivity index (χ0) is 13.8. The van der Waals surface area contributed by atoms with Crippen LogP contribution in [0.5, 0.6) is 0 Å². The lowest BCUT2D eigenvalue weighted by atomic mass is 10.2. The third kappa shape index (κ3) is 2.32. The van der Waals surface area contributed by atoms with E-state index in [1.807, 2.05) is 0 Å². The minimum Gasteiger partial charge on any atom is -0.344 e. The molecule has 0 atom stereocenters. The molecule has 0 saturated carbocycles. The number of nitrogens with zero attached hydrogens (tertiary/aromatic N) is 4. The van der Waals surface area contributed by atoms with Gasteiger partial charge in [0.05, 0.1) is 22.4 Å². The molecule has 0 saturated heterocycles. The Labute approximate surface area is 113 Å². The summed E-state index contributed by atoms with van der Waals surface area (Å²) in [6.45, 7) is 0. The van der Waals surface area contributed by atoms with Crippen molar-refractivity contribution >= 4 is 28.2 Å². The Morgan fingerprint density at radius 1 is 1.21 bits per heavy atom. The number of rotatable bonds is 2. The highest BCUT2D eigenvalue weighted by Gasteiger charge is 2.10. The number of nitrogens with one attached hydrogen (secondary N) is 2. The zero-order valence-corrected chi connectivity index (χ0v) is 10.2. The number of hydrogen-bond donors (Lipinski definition) is 2. The van der Waals surface area contributed by atoms with E-state index in [9.17, 15) is 0 Å². The molecule has 0 aliphatic heterocycles. The van der Waals surface area contributed by atoms with Crippen molar-refractivity contribution in [3.8, 4) is 18.2 Å². The molecule has 1 aromatic heterocycles. The second-order valence-corrected chi connectivity index (χ2v) is 3.91. The van der Waals surface area contributed by atoms with E-state index in [1.165, 1.54) is 0 Å². The molecule has 0 aliphatic rings. The topological polar surface area (TPSA) is 112 Å². The van der Waals surface area contributed by atoms with Gasteiger partial charge in [-0.05, 0) is 12.1 Å². The van der Waals surface area contributed by atoms with Gasteiger partial charge in [0.15, 0.2) is 5.57 Å². The predicted octanol–water partition coefficient (Wildman–Crippen LogP) is 2.45. The smallest absolute Gasteiger partial charge is 0.163 e. The summed E-state index contributed by atoms with van der Waals surface area (Å²) >= 11 is 6.05. The first-order valence-electron chi connectivity index (χ1n) is 5.03. The van der Waals surface area contributed by atoms with Crippen LogP contribution in [0.15, 0.2) is 29.6 Å². The molecule has 1 heterocycles.